The molecule has 0 aromatic heterocycles. The van der Waals surface area contributed by atoms with E-state index in [1.807, 2.05) is 0 Å². The Balaban J connectivity index is 2.59. The van der Waals surface area contributed by atoms with Crippen molar-refractivity contribution < 1.29 is 22.7 Å². The molecule has 0 spiro atoms. The molecule has 1 heterocycles. The monoisotopic (exact) mass is 259 g/mol. The normalized spacial score (nSPS) is 23.1. The SMILES string of the molecule is CC1(C(N)=O)CCOc2ccc(C(F)(F)F)cc21. The van der Waals surface area contributed by atoms with E-state index in [9.17, 15) is 18.0 Å². The minimum Gasteiger partial charge on any atom is -0.493 e. The first-order valence-corrected chi connectivity index (χ1v) is 5.39. The third-order valence-corrected chi connectivity index (χ3v) is 3.30. The lowest BCUT2D eigenvalue weighted by Gasteiger charge is -2.33. The Morgan fingerprint density at radius 3 is 2.67 bits per heavy atom. The molecule has 1 atom stereocenters. The van der Waals surface area contributed by atoms with E-state index in [2.05, 4.69) is 0 Å². The fourth-order valence-corrected chi connectivity index (χ4v) is 2.02. The van der Waals surface area contributed by atoms with Gasteiger partial charge in [0.25, 0.3) is 0 Å². The first-order chi connectivity index (χ1) is 8.25. The minimum absolute atomic E-state index is 0.205. The number of carbonyl (C=O) groups is 1. The van der Waals surface area contributed by atoms with Crippen LogP contribution in [0.25, 0.3) is 0 Å². The summed E-state index contributed by atoms with van der Waals surface area (Å²) in [6.07, 6.45) is -4.18. The van der Waals surface area contributed by atoms with Gasteiger partial charge in [-0.05, 0) is 31.5 Å². The molecule has 1 amide bonds. The molecule has 0 saturated carbocycles. The number of hydrogen-bond donors (Lipinski definition) is 1. The maximum absolute atomic E-state index is 12.7. The van der Waals surface area contributed by atoms with Crippen molar-refractivity contribution in [2.45, 2.75) is 24.9 Å². The highest BCUT2D eigenvalue weighted by Crippen LogP contribution is 2.41. The lowest BCUT2D eigenvalue weighted by atomic mass is 9.76. The highest BCUT2D eigenvalue weighted by molar-refractivity contribution is 5.87. The number of benzene rings is 1. The summed E-state index contributed by atoms with van der Waals surface area (Å²) in [5.41, 5.74) is 3.58. The largest absolute Gasteiger partial charge is 0.493 e. The van der Waals surface area contributed by atoms with Crippen molar-refractivity contribution in [3.8, 4) is 5.75 Å². The van der Waals surface area contributed by atoms with Crippen LogP contribution in [-0.2, 0) is 16.4 Å². The second kappa shape index (κ2) is 3.90. The third kappa shape index (κ3) is 1.91. The number of ether oxygens (including phenoxy) is 1. The van der Waals surface area contributed by atoms with Crippen LogP contribution >= 0.6 is 0 Å². The molecule has 98 valence electrons. The number of amides is 1. The van der Waals surface area contributed by atoms with Crippen molar-refractivity contribution in [1.29, 1.82) is 0 Å². The Kier molecular flexibility index (Phi) is 2.76. The van der Waals surface area contributed by atoms with E-state index in [0.717, 1.165) is 12.1 Å². The summed E-state index contributed by atoms with van der Waals surface area (Å²) in [5, 5.41) is 0. The van der Waals surface area contributed by atoms with Gasteiger partial charge < -0.3 is 10.5 Å². The number of nitrogens with two attached hydrogens (primary N) is 1. The van der Waals surface area contributed by atoms with Gasteiger partial charge >= 0.3 is 6.18 Å². The van der Waals surface area contributed by atoms with Crippen LogP contribution < -0.4 is 10.5 Å². The Morgan fingerprint density at radius 1 is 1.44 bits per heavy atom. The van der Waals surface area contributed by atoms with Crippen molar-refractivity contribution in [3.63, 3.8) is 0 Å². The van der Waals surface area contributed by atoms with E-state index in [1.54, 1.807) is 0 Å². The molecule has 1 aliphatic heterocycles. The summed E-state index contributed by atoms with van der Waals surface area (Å²) in [5.74, 6) is -0.359. The number of alkyl halides is 3. The van der Waals surface area contributed by atoms with E-state index in [1.165, 1.54) is 13.0 Å². The maximum Gasteiger partial charge on any atom is 0.416 e. The number of hydrogen-bond acceptors (Lipinski definition) is 2. The van der Waals surface area contributed by atoms with Gasteiger partial charge in [0.05, 0.1) is 17.6 Å². The molecule has 3 nitrogen and oxygen atoms in total. The summed E-state index contributed by atoms with van der Waals surface area (Å²) in [7, 11) is 0. The predicted octanol–water partition coefficient (Wildman–Crippen LogP) is 2.23. The van der Waals surface area contributed by atoms with E-state index in [-0.39, 0.29) is 24.3 Å². The minimum atomic E-state index is -4.45. The van der Waals surface area contributed by atoms with Crippen molar-refractivity contribution in [2.75, 3.05) is 6.61 Å². The molecule has 1 aromatic rings. The lowest BCUT2D eigenvalue weighted by Crippen LogP contribution is -2.42. The first kappa shape index (κ1) is 12.7. The maximum atomic E-state index is 12.7. The van der Waals surface area contributed by atoms with Gasteiger partial charge in [0.2, 0.25) is 5.91 Å². The van der Waals surface area contributed by atoms with Gasteiger partial charge in [-0.25, -0.2) is 0 Å². The van der Waals surface area contributed by atoms with Gasteiger partial charge in [-0.1, -0.05) is 0 Å². The topological polar surface area (TPSA) is 52.3 Å². The van der Waals surface area contributed by atoms with Crippen LogP contribution in [0.15, 0.2) is 18.2 Å². The number of halogens is 3. The van der Waals surface area contributed by atoms with Crippen LogP contribution in [0.5, 0.6) is 5.75 Å². The van der Waals surface area contributed by atoms with Crippen molar-refractivity contribution in [2.24, 2.45) is 5.73 Å². The lowest BCUT2D eigenvalue weighted by molar-refractivity contribution is -0.138. The molecule has 0 saturated heterocycles. The molecule has 0 bridgehead atoms. The van der Waals surface area contributed by atoms with Crippen molar-refractivity contribution in [1.82, 2.24) is 0 Å². The van der Waals surface area contributed by atoms with Gasteiger partial charge in [-0.3, -0.25) is 4.79 Å². The average molecular weight is 259 g/mol. The molecule has 0 aliphatic carbocycles. The van der Waals surface area contributed by atoms with E-state index >= 15 is 0 Å². The van der Waals surface area contributed by atoms with Crippen LogP contribution in [0.4, 0.5) is 13.2 Å². The Morgan fingerprint density at radius 2 is 2.11 bits per heavy atom. The molecule has 2 N–H and O–H groups in total. The molecule has 18 heavy (non-hydrogen) atoms. The highest BCUT2D eigenvalue weighted by atomic mass is 19.4. The Labute approximate surface area is 102 Å². The molecule has 0 radical (unpaired) electrons. The third-order valence-electron chi connectivity index (χ3n) is 3.30. The zero-order chi connectivity index (χ0) is 13.6. The summed E-state index contributed by atoms with van der Waals surface area (Å²) in [6.45, 7) is 1.80. The smallest absolute Gasteiger partial charge is 0.416 e. The molecule has 0 fully saturated rings. The van der Waals surface area contributed by atoms with Gasteiger partial charge in [0.1, 0.15) is 5.75 Å². The van der Waals surface area contributed by atoms with Crippen LogP contribution in [0.2, 0.25) is 0 Å². The molecule has 1 aliphatic rings. The van der Waals surface area contributed by atoms with E-state index in [4.69, 9.17) is 10.5 Å². The van der Waals surface area contributed by atoms with Crippen LogP contribution in [-0.4, -0.2) is 12.5 Å². The number of fused-ring (bicyclic) bond motifs is 1. The first-order valence-electron chi connectivity index (χ1n) is 5.39. The van der Waals surface area contributed by atoms with Crippen molar-refractivity contribution >= 4 is 5.91 Å². The predicted molar refractivity (Wildman–Crippen MR) is 58.1 cm³/mol. The number of rotatable bonds is 1. The van der Waals surface area contributed by atoms with Crippen LogP contribution in [0.3, 0.4) is 0 Å². The Bertz CT molecular complexity index is 499. The second-order valence-corrected chi connectivity index (χ2v) is 4.50. The number of carbonyl (C=O) groups excluding carboxylic acids is 1. The zero-order valence-electron chi connectivity index (χ0n) is 9.67. The molecule has 6 heteroatoms. The summed E-state index contributed by atoms with van der Waals surface area (Å²) < 4.78 is 43.2. The molecular formula is C12H12F3NO2. The van der Waals surface area contributed by atoms with E-state index < -0.39 is 23.1 Å². The molecule has 1 aromatic carbocycles. The van der Waals surface area contributed by atoms with Gasteiger partial charge in [0, 0.05) is 5.56 Å². The fraction of sp³-hybridized carbons (Fsp3) is 0.417. The highest BCUT2D eigenvalue weighted by Gasteiger charge is 2.41. The zero-order valence-corrected chi connectivity index (χ0v) is 9.67. The van der Waals surface area contributed by atoms with E-state index in [0.29, 0.717) is 0 Å². The molecular weight excluding hydrogens is 247 g/mol. The van der Waals surface area contributed by atoms with Gasteiger partial charge in [0.15, 0.2) is 0 Å². The van der Waals surface area contributed by atoms with Crippen LogP contribution in [0.1, 0.15) is 24.5 Å². The average Bonchev–Trinajstić information content (AvgIpc) is 2.27. The van der Waals surface area contributed by atoms with Crippen LogP contribution in [0, 0.1) is 0 Å². The molecule has 2 rings (SSSR count). The summed E-state index contributed by atoms with van der Waals surface area (Å²) >= 11 is 0. The van der Waals surface area contributed by atoms with Crippen molar-refractivity contribution in [3.05, 3.63) is 29.3 Å². The number of primary amides is 1. The summed E-state index contributed by atoms with van der Waals surface area (Å²) in [4.78, 5) is 11.5. The molecule has 1 unspecified atom stereocenters. The summed E-state index contributed by atoms with van der Waals surface area (Å²) in [6, 6.07) is 3.11. The standard InChI is InChI=1S/C12H12F3NO2/c1-11(10(16)17)4-5-18-9-3-2-7(6-8(9)11)12(13,14)15/h2-3,6H,4-5H2,1H3,(H2,16,17). The second-order valence-electron chi connectivity index (χ2n) is 4.50. The Hall–Kier alpha value is -1.72. The van der Waals surface area contributed by atoms with Gasteiger partial charge in [-0.2, -0.15) is 13.2 Å². The fourth-order valence-electron chi connectivity index (χ4n) is 2.02. The quantitative estimate of drug-likeness (QED) is 0.840. The van der Waals surface area contributed by atoms with Gasteiger partial charge in [-0.15, -0.1) is 0 Å².